The van der Waals surface area contributed by atoms with Crippen LogP contribution in [-0.4, -0.2) is 31.1 Å². The molecule has 8 heteroatoms. The Morgan fingerprint density at radius 3 is 2.13 bits per heavy atom. The van der Waals surface area contributed by atoms with Crippen LogP contribution in [0.25, 0.3) is 0 Å². The number of hydrogen-bond donors (Lipinski definition) is 1. The molecule has 0 bridgehead atoms. The number of hydrogen-bond acceptors (Lipinski definition) is 2. The molecule has 1 aromatic carbocycles. The van der Waals surface area contributed by atoms with Crippen LogP contribution in [0.5, 0.6) is 0 Å². The molecule has 1 N–H and O–H groups in total. The van der Waals surface area contributed by atoms with Crippen LogP contribution < -0.4 is 5.32 Å². The molecule has 0 radical (unpaired) electrons. The second-order valence-corrected chi connectivity index (χ2v) is 5.51. The van der Waals surface area contributed by atoms with E-state index in [1.54, 1.807) is 11.8 Å². The van der Waals surface area contributed by atoms with Gasteiger partial charge in [0.2, 0.25) is 0 Å². The molecule has 1 aliphatic heterocycles. The van der Waals surface area contributed by atoms with E-state index in [0.717, 1.165) is 0 Å². The quantitative estimate of drug-likeness (QED) is 0.834. The summed E-state index contributed by atoms with van der Waals surface area (Å²) in [4.78, 5) is 1.81. The van der Waals surface area contributed by atoms with Crippen LogP contribution in [0.15, 0.2) is 18.2 Å². The van der Waals surface area contributed by atoms with Gasteiger partial charge in [-0.25, -0.2) is 0 Å². The minimum Gasteiger partial charge on any atom is -0.314 e. The van der Waals surface area contributed by atoms with E-state index in [4.69, 9.17) is 0 Å². The third kappa shape index (κ3) is 4.17. The van der Waals surface area contributed by atoms with Crippen LogP contribution in [0.3, 0.4) is 0 Å². The minimum absolute atomic E-state index is 0.295. The van der Waals surface area contributed by atoms with Crippen molar-refractivity contribution in [2.75, 3.05) is 26.2 Å². The fourth-order valence-corrected chi connectivity index (χ4v) is 2.94. The van der Waals surface area contributed by atoms with Crippen LogP contribution in [-0.2, 0) is 12.4 Å². The maximum atomic E-state index is 13.2. The summed E-state index contributed by atoms with van der Waals surface area (Å²) in [5.74, 6) is 0. The molecule has 2 rings (SSSR count). The summed E-state index contributed by atoms with van der Waals surface area (Å²) < 4.78 is 78.4. The Kier molecular flexibility index (Phi) is 5.25. The summed E-state index contributed by atoms with van der Waals surface area (Å²) in [6.45, 7) is 3.92. The van der Waals surface area contributed by atoms with Crippen LogP contribution in [0.2, 0.25) is 0 Å². The Morgan fingerprint density at radius 1 is 1.04 bits per heavy atom. The third-order valence-corrected chi connectivity index (χ3v) is 4.02. The smallest absolute Gasteiger partial charge is 0.314 e. The SMILES string of the molecule is CC[C@@H](c1cc(C(F)(F)F)ccc1C(F)(F)F)N1CCNCC1. The van der Waals surface area contributed by atoms with E-state index in [-0.39, 0.29) is 5.56 Å². The first-order valence-corrected chi connectivity index (χ1v) is 7.37. The molecular formula is C15H18F6N2. The lowest BCUT2D eigenvalue weighted by Gasteiger charge is -2.36. The number of alkyl halides is 6. The number of nitrogens with zero attached hydrogens (tertiary/aromatic N) is 1. The molecule has 23 heavy (non-hydrogen) atoms. The normalized spacial score (nSPS) is 18.9. The monoisotopic (exact) mass is 340 g/mol. The maximum absolute atomic E-state index is 13.2. The van der Waals surface area contributed by atoms with Crippen molar-refractivity contribution in [2.45, 2.75) is 31.7 Å². The van der Waals surface area contributed by atoms with Crippen molar-refractivity contribution in [2.24, 2.45) is 0 Å². The van der Waals surface area contributed by atoms with Crippen molar-refractivity contribution < 1.29 is 26.3 Å². The number of rotatable bonds is 3. The van der Waals surface area contributed by atoms with Crippen LogP contribution in [0.4, 0.5) is 26.3 Å². The zero-order valence-electron chi connectivity index (χ0n) is 12.6. The van der Waals surface area contributed by atoms with Crippen LogP contribution in [0.1, 0.15) is 36.1 Å². The second-order valence-electron chi connectivity index (χ2n) is 5.51. The first kappa shape index (κ1) is 18.1. The lowest BCUT2D eigenvalue weighted by Crippen LogP contribution is -2.45. The molecule has 0 amide bonds. The average Bonchev–Trinajstić information content (AvgIpc) is 2.47. The highest BCUT2D eigenvalue weighted by Crippen LogP contribution is 2.40. The summed E-state index contributed by atoms with van der Waals surface area (Å²) in [7, 11) is 0. The van der Waals surface area contributed by atoms with Gasteiger partial charge in [0.25, 0.3) is 0 Å². The summed E-state index contributed by atoms with van der Waals surface area (Å²) in [6, 6.07) is 1.01. The molecule has 1 atom stereocenters. The van der Waals surface area contributed by atoms with Crippen molar-refractivity contribution in [1.29, 1.82) is 0 Å². The molecule has 0 spiro atoms. The molecule has 0 aromatic heterocycles. The van der Waals surface area contributed by atoms with E-state index < -0.39 is 29.5 Å². The molecule has 1 heterocycles. The molecule has 1 aliphatic rings. The zero-order valence-corrected chi connectivity index (χ0v) is 12.6. The lowest BCUT2D eigenvalue weighted by atomic mass is 9.94. The fourth-order valence-electron chi connectivity index (χ4n) is 2.94. The standard InChI is InChI=1S/C15H18F6N2/c1-2-13(23-7-5-22-6-8-23)11-9-10(14(16,17)18)3-4-12(11)15(19,20)21/h3-4,9,13,22H,2,5-8H2,1H3/t13-/m0/s1. The van der Waals surface area contributed by atoms with Gasteiger partial charge < -0.3 is 5.32 Å². The summed E-state index contributed by atoms with van der Waals surface area (Å²) >= 11 is 0. The van der Waals surface area contributed by atoms with Gasteiger partial charge in [-0.05, 0) is 30.2 Å². The van der Waals surface area contributed by atoms with Gasteiger partial charge in [-0.2, -0.15) is 26.3 Å². The number of benzene rings is 1. The third-order valence-electron chi connectivity index (χ3n) is 4.02. The fraction of sp³-hybridized carbons (Fsp3) is 0.600. The second kappa shape index (κ2) is 6.68. The highest BCUT2D eigenvalue weighted by atomic mass is 19.4. The molecule has 1 aromatic rings. The van der Waals surface area contributed by atoms with E-state index in [2.05, 4.69) is 5.32 Å². The maximum Gasteiger partial charge on any atom is 0.416 e. The Balaban J connectivity index is 2.50. The Labute approximate surface area is 130 Å². The summed E-state index contributed by atoms with van der Waals surface area (Å²) in [5.41, 5.74) is -2.33. The van der Waals surface area contributed by atoms with Crippen molar-refractivity contribution in [3.63, 3.8) is 0 Å². The van der Waals surface area contributed by atoms with Gasteiger partial charge in [0.05, 0.1) is 11.1 Å². The Morgan fingerprint density at radius 2 is 1.65 bits per heavy atom. The zero-order chi connectivity index (χ0) is 17.3. The van der Waals surface area contributed by atoms with Gasteiger partial charge in [0.15, 0.2) is 0 Å². The van der Waals surface area contributed by atoms with Crippen molar-refractivity contribution in [1.82, 2.24) is 10.2 Å². The van der Waals surface area contributed by atoms with E-state index in [1.165, 1.54) is 0 Å². The van der Waals surface area contributed by atoms with Crippen molar-refractivity contribution in [3.05, 3.63) is 34.9 Å². The number of piperazine rings is 1. The first-order valence-electron chi connectivity index (χ1n) is 7.37. The van der Waals surface area contributed by atoms with Gasteiger partial charge in [0, 0.05) is 32.2 Å². The highest BCUT2D eigenvalue weighted by molar-refractivity contribution is 5.37. The predicted octanol–water partition coefficient (Wildman–Crippen LogP) is 4.08. The van der Waals surface area contributed by atoms with Gasteiger partial charge >= 0.3 is 12.4 Å². The van der Waals surface area contributed by atoms with Gasteiger partial charge in [-0.15, -0.1) is 0 Å². The van der Waals surface area contributed by atoms with E-state index in [9.17, 15) is 26.3 Å². The molecule has 130 valence electrons. The minimum atomic E-state index is -4.68. The van der Waals surface area contributed by atoms with E-state index in [1.807, 2.05) is 0 Å². The molecular weight excluding hydrogens is 322 g/mol. The molecule has 0 aliphatic carbocycles. The molecule has 1 saturated heterocycles. The van der Waals surface area contributed by atoms with E-state index in [0.29, 0.717) is 50.8 Å². The summed E-state index contributed by atoms with van der Waals surface area (Å²) in [6.07, 6.45) is -9.04. The topological polar surface area (TPSA) is 15.3 Å². The Hall–Kier alpha value is -1.28. The van der Waals surface area contributed by atoms with Crippen molar-refractivity contribution >= 4 is 0 Å². The van der Waals surface area contributed by atoms with Gasteiger partial charge in [-0.3, -0.25) is 4.90 Å². The van der Waals surface area contributed by atoms with Gasteiger partial charge in [-0.1, -0.05) is 6.92 Å². The predicted molar refractivity (Wildman–Crippen MR) is 73.9 cm³/mol. The molecule has 0 saturated carbocycles. The average molecular weight is 340 g/mol. The first-order chi connectivity index (χ1) is 10.6. The van der Waals surface area contributed by atoms with Crippen LogP contribution >= 0.6 is 0 Å². The molecule has 0 unspecified atom stereocenters. The molecule has 1 fully saturated rings. The van der Waals surface area contributed by atoms with Crippen LogP contribution in [0, 0.1) is 0 Å². The highest BCUT2D eigenvalue weighted by Gasteiger charge is 2.39. The number of nitrogens with one attached hydrogen (secondary N) is 1. The Bertz CT molecular complexity index is 532. The van der Waals surface area contributed by atoms with E-state index >= 15 is 0 Å². The summed E-state index contributed by atoms with van der Waals surface area (Å²) in [5, 5.41) is 3.08. The van der Waals surface area contributed by atoms with Crippen molar-refractivity contribution in [3.8, 4) is 0 Å². The number of halogens is 6. The molecule has 2 nitrogen and oxygen atoms in total. The lowest BCUT2D eigenvalue weighted by molar-refractivity contribution is -0.142. The largest absolute Gasteiger partial charge is 0.416 e. The van der Waals surface area contributed by atoms with Gasteiger partial charge in [0.1, 0.15) is 0 Å².